The van der Waals surface area contributed by atoms with E-state index in [-0.39, 0.29) is 16.9 Å². The van der Waals surface area contributed by atoms with Gasteiger partial charge in [-0.1, -0.05) is 17.7 Å². The number of benzene rings is 1. The number of hydrogen-bond donors (Lipinski definition) is 2. The molecule has 1 spiro atoms. The summed E-state index contributed by atoms with van der Waals surface area (Å²) in [4.78, 5) is 26.6. The van der Waals surface area contributed by atoms with Gasteiger partial charge in [-0.3, -0.25) is 9.59 Å². The monoisotopic (exact) mass is 289 g/mol. The summed E-state index contributed by atoms with van der Waals surface area (Å²) < 4.78 is 0. The minimum Gasteiger partial charge on any atom is -0.373 e. The summed E-state index contributed by atoms with van der Waals surface area (Å²) in [5.41, 5.74) is 2.09. The zero-order chi connectivity index (χ0) is 14.5. The van der Waals surface area contributed by atoms with Crippen LogP contribution in [-0.2, 0) is 16.0 Å². The lowest BCUT2D eigenvalue weighted by Crippen LogP contribution is -2.67. The Balaban J connectivity index is 2.07. The van der Waals surface area contributed by atoms with Gasteiger partial charge in [-0.25, -0.2) is 0 Å². The molecular formula is C14H15N3O2S. The lowest BCUT2D eigenvalue weighted by molar-refractivity contribution is -0.143. The van der Waals surface area contributed by atoms with E-state index in [1.165, 1.54) is 0 Å². The molecule has 2 heterocycles. The van der Waals surface area contributed by atoms with Crippen molar-refractivity contribution in [3.63, 3.8) is 0 Å². The van der Waals surface area contributed by atoms with Crippen molar-refractivity contribution >= 4 is 34.8 Å². The number of nitrogens with zero attached hydrogens (tertiary/aromatic N) is 1. The molecule has 104 valence electrons. The van der Waals surface area contributed by atoms with E-state index in [0.717, 1.165) is 16.8 Å². The van der Waals surface area contributed by atoms with Crippen LogP contribution in [0.5, 0.6) is 0 Å². The molecule has 2 N–H and O–H groups in total. The smallest absolute Gasteiger partial charge is 0.244 e. The highest BCUT2D eigenvalue weighted by Crippen LogP contribution is 2.37. The van der Waals surface area contributed by atoms with Crippen LogP contribution in [-0.4, -0.2) is 30.5 Å². The minimum atomic E-state index is -1.10. The first-order chi connectivity index (χ1) is 9.42. The highest BCUT2D eigenvalue weighted by Gasteiger charge is 2.52. The largest absolute Gasteiger partial charge is 0.373 e. The fraction of sp³-hybridized carbons (Fsp3) is 0.357. The van der Waals surface area contributed by atoms with Gasteiger partial charge in [0.25, 0.3) is 0 Å². The van der Waals surface area contributed by atoms with E-state index in [0.29, 0.717) is 13.0 Å². The zero-order valence-corrected chi connectivity index (χ0v) is 12.1. The molecule has 3 rings (SSSR count). The van der Waals surface area contributed by atoms with Gasteiger partial charge in [-0.2, -0.15) is 0 Å². The molecule has 20 heavy (non-hydrogen) atoms. The number of carbonyl (C=O) groups excluding carboxylic acids is 2. The Bertz CT molecular complexity index is 621. The van der Waals surface area contributed by atoms with Crippen molar-refractivity contribution in [3.8, 4) is 0 Å². The number of rotatable bonds is 0. The Hall–Kier alpha value is -1.95. The normalized spacial score (nSPS) is 20.5. The Labute approximate surface area is 122 Å². The van der Waals surface area contributed by atoms with Crippen LogP contribution in [0.3, 0.4) is 0 Å². The first kappa shape index (κ1) is 13.1. The van der Waals surface area contributed by atoms with Gasteiger partial charge in [0.15, 0.2) is 5.11 Å². The van der Waals surface area contributed by atoms with Gasteiger partial charge in [-0.15, -0.1) is 0 Å². The van der Waals surface area contributed by atoms with Crippen LogP contribution in [0.15, 0.2) is 18.2 Å². The predicted octanol–water partition coefficient (Wildman–Crippen LogP) is 0.505. The molecule has 0 radical (unpaired) electrons. The molecule has 0 aromatic heterocycles. The van der Waals surface area contributed by atoms with E-state index in [9.17, 15) is 9.59 Å². The number of thiocarbonyl (C=S) groups is 1. The molecule has 0 saturated carbocycles. The summed E-state index contributed by atoms with van der Waals surface area (Å²) in [5, 5.41) is 5.23. The second-order valence-electron chi connectivity index (χ2n) is 5.48. The predicted molar refractivity (Wildman–Crippen MR) is 79.5 cm³/mol. The van der Waals surface area contributed by atoms with Crippen molar-refractivity contribution in [2.24, 2.45) is 5.41 Å². The Kier molecular flexibility index (Phi) is 2.79. The molecule has 0 unspecified atom stereocenters. The van der Waals surface area contributed by atoms with Crippen molar-refractivity contribution < 1.29 is 9.59 Å². The number of amides is 2. The molecule has 0 aliphatic carbocycles. The number of anilines is 1. The molecule has 1 aromatic carbocycles. The van der Waals surface area contributed by atoms with Crippen LogP contribution >= 0.6 is 12.2 Å². The third-order valence-corrected chi connectivity index (χ3v) is 4.17. The topological polar surface area (TPSA) is 61.4 Å². The standard InChI is InChI=1S/C14H15N3O2S/c1-8-3-4-10-9(5-8)6-14(7-17(10)2)11(18)15-13(20)16-12(14)19/h3-5H,6-7H2,1-2H3,(H2,15,16,18,19,20). The second-order valence-corrected chi connectivity index (χ2v) is 5.89. The molecule has 6 heteroatoms. The third kappa shape index (κ3) is 1.79. The van der Waals surface area contributed by atoms with Crippen molar-refractivity contribution in [3.05, 3.63) is 29.3 Å². The third-order valence-electron chi connectivity index (χ3n) is 3.97. The number of carbonyl (C=O) groups is 2. The Morgan fingerprint density at radius 3 is 2.55 bits per heavy atom. The summed E-state index contributed by atoms with van der Waals surface area (Å²) in [5.74, 6) is -0.629. The summed E-state index contributed by atoms with van der Waals surface area (Å²) in [6.45, 7) is 2.35. The lowest BCUT2D eigenvalue weighted by atomic mass is 9.75. The van der Waals surface area contributed by atoms with Gasteiger partial charge >= 0.3 is 0 Å². The van der Waals surface area contributed by atoms with Gasteiger partial charge in [0.1, 0.15) is 5.41 Å². The Morgan fingerprint density at radius 2 is 1.90 bits per heavy atom. The van der Waals surface area contributed by atoms with Crippen LogP contribution in [0.1, 0.15) is 11.1 Å². The van der Waals surface area contributed by atoms with Gasteiger partial charge < -0.3 is 15.5 Å². The average molecular weight is 289 g/mol. The molecule has 5 nitrogen and oxygen atoms in total. The fourth-order valence-electron chi connectivity index (χ4n) is 2.98. The highest BCUT2D eigenvalue weighted by atomic mass is 32.1. The summed E-state index contributed by atoms with van der Waals surface area (Å²) in [6, 6.07) is 6.09. The molecule has 2 amide bonds. The van der Waals surface area contributed by atoms with Crippen molar-refractivity contribution in [1.29, 1.82) is 0 Å². The maximum absolute atomic E-state index is 12.3. The molecule has 0 atom stereocenters. The number of hydrogen-bond acceptors (Lipinski definition) is 4. The second kappa shape index (κ2) is 4.28. The number of nitrogens with one attached hydrogen (secondary N) is 2. The summed E-state index contributed by atoms with van der Waals surface area (Å²) in [6.07, 6.45) is 0.397. The SMILES string of the molecule is Cc1ccc2c(c1)CC1(CN2C)C(=O)NC(=S)NC1=O. The van der Waals surface area contributed by atoms with Crippen molar-refractivity contribution in [1.82, 2.24) is 10.6 Å². The summed E-state index contributed by atoms with van der Waals surface area (Å²) in [7, 11) is 1.89. The van der Waals surface area contributed by atoms with E-state index < -0.39 is 5.41 Å². The molecule has 1 aromatic rings. The van der Waals surface area contributed by atoms with E-state index in [2.05, 4.69) is 10.6 Å². The summed E-state index contributed by atoms with van der Waals surface area (Å²) >= 11 is 4.86. The van der Waals surface area contributed by atoms with Gasteiger partial charge in [-0.05, 0) is 37.2 Å². The molecular weight excluding hydrogens is 274 g/mol. The fourth-order valence-corrected chi connectivity index (χ4v) is 3.17. The van der Waals surface area contributed by atoms with E-state index >= 15 is 0 Å². The maximum atomic E-state index is 12.3. The van der Waals surface area contributed by atoms with Crippen LogP contribution in [0.4, 0.5) is 5.69 Å². The van der Waals surface area contributed by atoms with Crippen LogP contribution in [0, 0.1) is 12.3 Å². The van der Waals surface area contributed by atoms with Crippen LogP contribution in [0.2, 0.25) is 0 Å². The first-order valence-electron chi connectivity index (χ1n) is 6.40. The molecule has 2 aliphatic rings. The average Bonchev–Trinajstić information content (AvgIpc) is 2.35. The lowest BCUT2D eigenvalue weighted by Gasteiger charge is -2.42. The molecule has 1 fully saturated rings. The van der Waals surface area contributed by atoms with E-state index in [4.69, 9.17) is 12.2 Å². The van der Waals surface area contributed by atoms with Gasteiger partial charge in [0.2, 0.25) is 11.8 Å². The van der Waals surface area contributed by atoms with Crippen molar-refractivity contribution in [2.75, 3.05) is 18.5 Å². The highest BCUT2D eigenvalue weighted by molar-refractivity contribution is 7.80. The van der Waals surface area contributed by atoms with Crippen LogP contribution in [0.25, 0.3) is 0 Å². The van der Waals surface area contributed by atoms with Crippen LogP contribution < -0.4 is 15.5 Å². The Morgan fingerprint density at radius 1 is 1.25 bits per heavy atom. The maximum Gasteiger partial charge on any atom is 0.244 e. The van der Waals surface area contributed by atoms with Gasteiger partial charge in [0, 0.05) is 19.3 Å². The van der Waals surface area contributed by atoms with E-state index in [1.54, 1.807) is 0 Å². The number of fused-ring (bicyclic) bond motifs is 1. The first-order valence-corrected chi connectivity index (χ1v) is 6.81. The molecule has 0 bridgehead atoms. The van der Waals surface area contributed by atoms with Gasteiger partial charge in [0.05, 0.1) is 0 Å². The van der Waals surface area contributed by atoms with Crippen molar-refractivity contribution in [2.45, 2.75) is 13.3 Å². The quantitative estimate of drug-likeness (QED) is 0.539. The minimum absolute atomic E-state index is 0.0864. The van der Waals surface area contributed by atoms with E-state index in [1.807, 2.05) is 37.1 Å². The number of aryl methyl sites for hydroxylation is 1. The zero-order valence-electron chi connectivity index (χ0n) is 11.3. The molecule has 1 saturated heterocycles. The molecule has 2 aliphatic heterocycles.